The number of para-hydroxylation sites is 2. The third-order valence-corrected chi connectivity index (χ3v) is 2.70. The highest BCUT2D eigenvalue weighted by Gasteiger charge is 2.04. The molecule has 7 nitrogen and oxygen atoms in total. The number of rotatable bonds is 5. The van der Waals surface area contributed by atoms with Gasteiger partial charge in [-0.05, 0) is 12.1 Å². The first-order valence-electron chi connectivity index (χ1n) is 5.97. The standard InChI is InChI=1S/C13H15N3O4/c1-19-10-4-2-3-5-11(10)20-7-6-16-8-9(14)12(17)15-13(16)18/h2-5,8H,6-7,14H2,1H3,(H,15,17,18). The normalized spacial score (nSPS) is 10.2. The fourth-order valence-electron chi connectivity index (χ4n) is 1.68. The highest BCUT2D eigenvalue weighted by molar-refractivity contribution is 5.39. The molecular formula is C13H15N3O4. The van der Waals surface area contributed by atoms with Gasteiger partial charge < -0.3 is 15.2 Å². The molecule has 0 fully saturated rings. The summed E-state index contributed by atoms with van der Waals surface area (Å²) >= 11 is 0. The molecule has 2 aromatic rings. The number of nitrogen functional groups attached to an aromatic ring is 1. The zero-order chi connectivity index (χ0) is 14.5. The molecule has 0 aliphatic carbocycles. The molecule has 0 saturated carbocycles. The fourth-order valence-corrected chi connectivity index (χ4v) is 1.68. The van der Waals surface area contributed by atoms with E-state index in [9.17, 15) is 9.59 Å². The number of nitrogens with zero attached hydrogens (tertiary/aromatic N) is 1. The van der Waals surface area contributed by atoms with Crippen molar-refractivity contribution in [1.29, 1.82) is 0 Å². The Labute approximate surface area is 114 Å². The van der Waals surface area contributed by atoms with Gasteiger partial charge in [-0.3, -0.25) is 14.3 Å². The van der Waals surface area contributed by atoms with E-state index in [-0.39, 0.29) is 18.8 Å². The molecule has 3 N–H and O–H groups in total. The predicted octanol–water partition coefficient (Wildman–Crippen LogP) is 0.206. The molecular weight excluding hydrogens is 262 g/mol. The number of nitrogens with two attached hydrogens (primary N) is 1. The quantitative estimate of drug-likeness (QED) is 0.813. The van der Waals surface area contributed by atoms with Gasteiger partial charge in [0.05, 0.1) is 13.7 Å². The molecule has 0 amide bonds. The lowest BCUT2D eigenvalue weighted by Crippen LogP contribution is -2.32. The highest BCUT2D eigenvalue weighted by Crippen LogP contribution is 2.25. The van der Waals surface area contributed by atoms with Crippen LogP contribution in [0.3, 0.4) is 0 Å². The Kier molecular flexibility index (Phi) is 4.09. The van der Waals surface area contributed by atoms with Crippen molar-refractivity contribution in [3.05, 3.63) is 51.3 Å². The third-order valence-electron chi connectivity index (χ3n) is 2.70. The molecule has 0 atom stereocenters. The minimum atomic E-state index is -0.586. The molecule has 1 heterocycles. The molecule has 0 bridgehead atoms. The molecule has 0 aliphatic heterocycles. The smallest absolute Gasteiger partial charge is 0.328 e. The lowest BCUT2D eigenvalue weighted by molar-refractivity contribution is 0.277. The van der Waals surface area contributed by atoms with E-state index < -0.39 is 11.2 Å². The average Bonchev–Trinajstić information content (AvgIpc) is 2.45. The molecule has 20 heavy (non-hydrogen) atoms. The minimum Gasteiger partial charge on any atom is -0.493 e. The maximum atomic E-state index is 11.5. The van der Waals surface area contributed by atoms with Gasteiger partial charge in [-0.25, -0.2) is 4.79 Å². The summed E-state index contributed by atoms with van der Waals surface area (Å²) < 4.78 is 12.0. The van der Waals surface area contributed by atoms with Crippen LogP contribution in [0.15, 0.2) is 40.1 Å². The number of hydrogen-bond acceptors (Lipinski definition) is 5. The Morgan fingerprint density at radius 1 is 1.25 bits per heavy atom. The third kappa shape index (κ3) is 3.00. The van der Waals surface area contributed by atoms with Crippen molar-refractivity contribution >= 4 is 5.69 Å². The van der Waals surface area contributed by atoms with E-state index in [1.807, 2.05) is 12.1 Å². The molecule has 106 valence electrons. The summed E-state index contributed by atoms with van der Waals surface area (Å²) in [5.41, 5.74) is 4.33. The lowest BCUT2D eigenvalue weighted by Gasteiger charge is -2.11. The Hall–Kier alpha value is -2.70. The van der Waals surface area contributed by atoms with Gasteiger partial charge in [0.25, 0.3) is 5.56 Å². The van der Waals surface area contributed by atoms with Crippen molar-refractivity contribution in [2.45, 2.75) is 6.54 Å². The monoisotopic (exact) mass is 277 g/mol. The van der Waals surface area contributed by atoms with Gasteiger partial charge >= 0.3 is 5.69 Å². The van der Waals surface area contributed by atoms with Crippen molar-refractivity contribution in [2.75, 3.05) is 19.5 Å². The number of hydrogen-bond donors (Lipinski definition) is 2. The summed E-state index contributed by atoms with van der Waals surface area (Å²) in [7, 11) is 1.55. The SMILES string of the molecule is COc1ccccc1OCCn1cc(N)c(=O)[nH]c1=O. The van der Waals surface area contributed by atoms with Gasteiger partial charge in [0.2, 0.25) is 0 Å². The van der Waals surface area contributed by atoms with Crippen molar-refractivity contribution in [1.82, 2.24) is 9.55 Å². The largest absolute Gasteiger partial charge is 0.493 e. The summed E-state index contributed by atoms with van der Waals surface area (Å²) in [6.45, 7) is 0.504. The van der Waals surface area contributed by atoms with Crippen LogP contribution in [0.4, 0.5) is 5.69 Å². The topological polar surface area (TPSA) is 99.3 Å². The van der Waals surface area contributed by atoms with Crippen molar-refractivity contribution < 1.29 is 9.47 Å². The summed E-state index contributed by atoms with van der Waals surface area (Å²) in [5, 5.41) is 0. The van der Waals surface area contributed by atoms with Gasteiger partial charge in [0, 0.05) is 6.20 Å². The molecule has 0 radical (unpaired) electrons. The number of H-pyrrole nitrogens is 1. The van der Waals surface area contributed by atoms with Crippen LogP contribution in [-0.2, 0) is 6.54 Å². The van der Waals surface area contributed by atoms with Gasteiger partial charge in [0.15, 0.2) is 11.5 Å². The van der Waals surface area contributed by atoms with Crippen LogP contribution in [0, 0.1) is 0 Å². The van der Waals surface area contributed by atoms with Crippen molar-refractivity contribution in [2.24, 2.45) is 0 Å². The first kappa shape index (κ1) is 13.7. The summed E-state index contributed by atoms with van der Waals surface area (Å²) in [6, 6.07) is 7.20. The number of anilines is 1. The van der Waals surface area contributed by atoms with E-state index in [0.717, 1.165) is 0 Å². The van der Waals surface area contributed by atoms with Crippen LogP contribution in [0.25, 0.3) is 0 Å². The first-order chi connectivity index (χ1) is 9.61. The summed E-state index contributed by atoms with van der Waals surface area (Å²) in [4.78, 5) is 24.8. The van der Waals surface area contributed by atoms with E-state index in [0.29, 0.717) is 11.5 Å². The molecule has 0 unspecified atom stereocenters. The van der Waals surface area contributed by atoms with E-state index in [2.05, 4.69) is 4.98 Å². The number of aromatic amines is 1. The highest BCUT2D eigenvalue weighted by atomic mass is 16.5. The van der Waals surface area contributed by atoms with Crippen LogP contribution >= 0.6 is 0 Å². The summed E-state index contributed by atoms with van der Waals surface area (Å²) in [5.74, 6) is 1.20. The molecule has 1 aromatic carbocycles. The van der Waals surface area contributed by atoms with E-state index in [1.165, 1.54) is 10.8 Å². The molecule has 0 aliphatic rings. The number of ether oxygens (including phenoxy) is 2. The lowest BCUT2D eigenvalue weighted by atomic mass is 10.3. The second-order valence-corrected chi connectivity index (χ2v) is 4.04. The predicted molar refractivity (Wildman–Crippen MR) is 74.2 cm³/mol. The van der Waals surface area contributed by atoms with E-state index >= 15 is 0 Å². The van der Waals surface area contributed by atoms with Crippen LogP contribution in [0.2, 0.25) is 0 Å². The number of methoxy groups -OCH3 is 1. The van der Waals surface area contributed by atoms with Crippen LogP contribution in [-0.4, -0.2) is 23.3 Å². The summed E-state index contributed by atoms with van der Waals surface area (Å²) in [6.07, 6.45) is 1.30. The maximum Gasteiger partial charge on any atom is 0.328 e. The Bertz CT molecular complexity index is 705. The van der Waals surface area contributed by atoms with E-state index in [4.69, 9.17) is 15.2 Å². The Morgan fingerprint density at radius 3 is 2.65 bits per heavy atom. The van der Waals surface area contributed by atoms with Crippen molar-refractivity contribution in [3.8, 4) is 11.5 Å². The molecule has 7 heteroatoms. The van der Waals surface area contributed by atoms with Gasteiger partial charge in [0.1, 0.15) is 12.3 Å². The second kappa shape index (κ2) is 5.96. The Morgan fingerprint density at radius 2 is 1.95 bits per heavy atom. The zero-order valence-electron chi connectivity index (χ0n) is 11.0. The molecule has 0 spiro atoms. The maximum absolute atomic E-state index is 11.5. The van der Waals surface area contributed by atoms with E-state index in [1.54, 1.807) is 19.2 Å². The molecule has 2 rings (SSSR count). The fraction of sp³-hybridized carbons (Fsp3) is 0.231. The molecule has 0 saturated heterocycles. The van der Waals surface area contributed by atoms with Gasteiger partial charge in [-0.15, -0.1) is 0 Å². The average molecular weight is 277 g/mol. The van der Waals surface area contributed by atoms with Gasteiger partial charge in [-0.2, -0.15) is 0 Å². The number of aromatic nitrogens is 2. The first-order valence-corrected chi connectivity index (χ1v) is 5.97. The second-order valence-electron chi connectivity index (χ2n) is 4.04. The van der Waals surface area contributed by atoms with Crippen LogP contribution in [0.1, 0.15) is 0 Å². The van der Waals surface area contributed by atoms with Gasteiger partial charge in [-0.1, -0.05) is 12.1 Å². The van der Waals surface area contributed by atoms with Crippen LogP contribution in [0.5, 0.6) is 11.5 Å². The zero-order valence-corrected chi connectivity index (χ0v) is 11.0. The molecule has 1 aromatic heterocycles. The van der Waals surface area contributed by atoms with Crippen LogP contribution < -0.4 is 26.5 Å². The number of benzene rings is 1. The Balaban J connectivity index is 2.05. The van der Waals surface area contributed by atoms with Crippen molar-refractivity contribution in [3.63, 3.8) is 0 Å². The number of nitrogens with one attached hydrogen (secondary N) is 1. The minimum absolute atomic E-state index is 0.0121.